The number of rotatable bonds is 12. The van der Waals surface area contributed by atoms with Crippen LogP contribution >= 0.6 is 0 Å². The van der Waals surface area contributed by atoms with Crippen LogP contribution in [0.15, 0.2) is 18.5 Å². The summed E-state index contributed by atoms with van der Waals surface area (Å²) in [5.74, 6) is -0.757. The van der Waals surface area contributed by atoms with Crippen LogP contribution in [0, 0.1) is 5.92 Å². The van der Waals surface area contributed by atoms with Gasteiger partial charge in [-0.1, -0.05) is 45.4 Å². The molecule has 0 unspecified atom stereocenters. The Morgan fingerprint density at radius 2 is 1.97 bits per heavy atom. The number of sulfonamides is 1. The van der Waals surface area contributed by atoms with Crippen molar-refractivity contribution < 1.29 is 23.4 Å². The lowest BCUT2D eigenvalue weighted by Crippen LogP contribution is -2.52. The van der Waals surface area contributed by atoms with Crippen molar-refractivity contribution in [2.75, 3.05) is 12.3 Å². The molecule has 0 aliphatic heterocycles. The number of hydrogen-bond donors (Lipinski definition) is 4. The first-order valence-electron chi connectivity index (χ1n) is 10.7. The molecule has 1 aliphatic carbocycles. The number of nitrogens with zero attached hydrogens (tertiary/aromatic N) is 2. The molecule has 0 saturated heterocycles. The number of aliphatic hydroxyl groups is 2. The molecule has 3 atom stereocenters. The minimum absolute atomic E-state index is 0.286. The second-order valence-electron chi connectivity index (χ2n) is 8.04. The fourth-order valence-electron chi connectivity index (χ4n) is 3.80. The lowest BCUT2D eigenvalue weighted by molar-refractivity contribution is 0.00200. The van der Waals surface area contributed by atoms with Gasteiger partial charge in [-0.15, -0.1) is 0 Å². The summed E-state index contributed by atoms with van der Waals surface area (Å²) in [7, 11) is -3.74. The maximum atomic E-state index is 12.6. The molecule has 0 spiro atoms. The zero-order valence-corrected chi connectivity index (χ0v) is 18.4. The smallest absolute Gasteiger partial charge is 0.253 e. The van der Waals surface area contributed by atoms with Gasteiger partial charge in [-0.2, -0.15) is 10.2 Å². The topological polar surface area (TPSA) is 142 Å². The quantitative estimate of drug-likeness (QED) is 0.354. The highest BCUT2D eigenvalue weighted by molar-refractivity contribution is 7.89. The number of carbonyl (C=O) groups is 1. The van der Waals surface area contributed by atoms with Crippen molar-refractivity contribution in [1.29, 1.82) is 0 Å². The largest absolute Gasteiger partial charge is 0.389 e. The second kappa shape index (κ2) is 12.3. The van der Waals surface area contributed by atoms with Gasteiger partial charge in [0.1, 0.15) is 6.10 Å². The fourth-order valence-corrected chi connectivity index (χ4v) is 5.02. The van der Waals surface area contributed by atoms with Gasteiger partial charge in [-0.05, 0) is 24.8 Å². The predicted octanol–water partition coefficient (Wildman–Crippen LogP) is 0.987. The summed E-state index contributed by atoms with van der Waals surface area (Å²) in [4.78, 5) is 12.6. The number of nitrogens with one attached hydrogen (secondary N) is 2. The number of aromatic nitrogens is 2. The van der Waals surface area contributed by atoms with E-state index in [-0.39, 0.29) is 5.56 Å². The average Bonchev–Trinajstić information content (AvgIpc) is 2.73. The van der Waals surface area contributed by atoms with Gasteiger partial charge in [0.05, 0.1) is 35.9 Å². The third-order valence-corrected chi connectivity index (χ3v) is 6.95. The molecule has 2 rings (SSSR count). The van der Waals surface area contributed by atoms with Gasteiger partial charge in [0, 0.05) is 6.54 Å². The zero-order valence-electron chi connectivity index (χ0n) is 17.5. The highest BCUT2D eigenvalue weighted by atomic mass is 32.2. The van der Waals surface area contributed by atoms with Gasteiger partial charge in [0.25, 0.3) is 5.91 Å². The molecule has 1 aliphatic rings. The van der Waals surface area contributed by atoms with E-state index in [0.29, 0.717) is 25.3 Å². The first kappa shape index (κ1) is 24.6. The van der Waals surface area contributed by atoms with Gasteiger partial charge in [0.15, 0.2) is 0 Å². The van der Waals surface area contributed by atoms with E-state index < -0.39 is 39.9 Å². The third kappa shape index (κ3) is 8.25. The predicted molar refractivity (Wildman–Crippen MR) is 113 cm³/mol. The van der Waals surface area contributed by atoms with E-state index in [1.165, 1.54) is 24.9 Å². The van der Waals surface area contributed by atoms with Gasteiger partial charge in [-0.25, -0.2) is 13.1 Å². The molecule has 30 heavy (non-hydrogen) atoms. The zero-order chi connectivity index (χ0) is 22.0. The molecule has 10 heteroatoms. The Morgan fingerprint density at radius 3 is 2.60 bits per heavy atom. The third-order valence-electron chi connectivity index (χ3n) is 5.52. The van der Waals surface area contributed by atoms with E-state index in [0.717, 1.165) is 32.1 Å². The highest BCUT2D eigenvalue weighted by Gasteiger charge is 2.33. The van der Waals surface area contributed by atoms with E-state index in [9.17, 15) is 23.4 Å². The molecule has 0 bridgehead atoms. The Hall–Kier alpha value is -1.62. The monoisotopic (exact) mass is 442 g/mol. The Kier molecular flexibility index (Phi) is 10.1. The molecule has 0 aromatic carbocycles. The first-order valence-corrected chi connectivity index (χ1v) is 12.4. The number of unbranched alkanes of at least 4 members (excludes halogenated alkanes) is 1. The number of amides is 1. The lowest BCUT2D eigenvalue weighted by atomic mass is 9.83. The average molecular weight is 443 g/mol. The van der Waals surface area contributed by atoms with E-state index in [1.807, 2.05) is 6.92 Å². The number of hydrogen-bond acceptors (Lipinski definition) is 7. The summed E-state index contributed by atoms with van der Waals surface area (Å²) in [6.07, 6.45) is 7.12. The van der Waals surface area contributed by atoms with Crippen LogP contribution in [0.25, 0.3) is 0 Å². The SMILES string of the molecule is CCCCNS(=O)(=O)C[C@@H](O)[C@@H](O)[C@H](CC1CCCCC1)NC(=O)c1ccnnc1. The van der Waals surface area contributed by atoms with Crippen LogP contribution in [-0.4, -0.2) is 65.3 Å². The molecule has 170 valence electrons. The van der Waals surface area contributed by atoms with E-state index >= 15 is 0 Å². The Bertz CT molecular complexity index is 741. The van der Waals surface area contributed by atoms with Gasteiger partial charge in [-0.3, -0.25) is 4.79 Å². The van der Waals surface area contributed by atoms with Crippen molar-refractivity contribution in [3.63, 3.8) is 0 Å². The number of aliphatic hydroxyl groups excluding tert-OH is 2. The van der Waals surface area contributed by atoms with E-state index in [2.05, 4.69) is 20.2 Å². The standard InChI is InChI=1S/C20H34N4O5S/c1-2-3-10-23-30(28,29)14-18(25)19(26)17(12-15-7-5-4-6-8-15)24-20(27)16-9-11-21-22-13-16/h9,11,13,15,17-19,23,25-26H,2-8,10,12,14H2,1H3,(H,24,27)/t17-,18+,19-/m0/s1. The number of carbonyl (C=O) groups excluding carboxylic acids is 1. The molecule has 9 nitrogen and oxygen atoms in total. The van der Waals surface area contributed by atoms with Crippen LogP contribution < -0.4 is 10.0 Å². The summed E-state index contributed by atoms with van der Waals surface area (Å²) >= 11 is 0. The molecule has 1 aromatic rings. The van der Waals surface area contributed by atoms with Crippen LogP contribution in [0.3, 0.4) is 0 Å². The summed E-state index contributed by atoms with van der Waals surface area (Å²) in [5.41, 5.74) is 0.286. The Balaban J connectivity index is 2.06. The van der Waals surface area contributed by atoms with Crippen molar-refractivity contribution in [2.45, 2.75) is 76.5 Å². The van der Waals surface area contributed by atoms with Crippen molar-refractivity contribution in [2.24, 2.45) is 5.92 Å². The summed E-state index contributed by atoms with van der Waals surface area (Å²) in [6.45, 7) is 2.24. The molecular weight excluding hydrogens is 408 g/mol. The maximum Gasteiger partial charge on any atom is 0.253 e. The van der Waals surface area contributed by atoms with Crippen LogP contribution in [0.5, 0.6) is 0 Å². The fraction of sp³-hybridized carbons (Fsp3) is 0.750. The van der Waals surface area contributed by atoms with Crippen molar-refractivity contribution in [3.05, 3.63) is 24.0 Å². The van der Waals surface area contributed by atoms with Crippen LogP contribution in [-0.2, 0) is 10.0 Å². The van der Waals surface area contributed by atoms with E-state index in [1.54, 1.807) is 0 Å². The molecular formula is C20H34N4O5S. The summed E-state index contributed by atoms with van der Waals surface area (Å²) in [5, 5.41) is 31.3. The Labute approximate surface area is 178 Å². The minimum atomic E-state index is -3.74. The molecule has 0 radical (unpaired) electrons. The van der Waals surface area contributed by atoms with Gasteiger partial charge >= 0.3 is 0 Å². The molecule has 1 fully saturated rings. The van der Waals surface area contributed by atoms with Crippen LogP contribution in [0.4, 0.5) is 0 Å². The van der Waals surface area contributed by atoms with Crippen molar-refractivity contribution in [3.8, 4) is 0 Å². The molecule has 1 saturated carbocycles. The lowest BCUT2D eigenvalue weighted by Gasteiger charge is -2.32. The normalized spacial score (nSPS) is 18.5. The first-order chi connectivity index (χ1) is 14.3. The highest BCUT2D eigenvalue weighted by Crippen LogP contribution is 2.28. The maximum absolute atomic E-state index is 12.6. The molecule has 4 N–H and O–H groups in total. The van der Waals surface area contributed by atoms with Crippen LogP contribution in [0.2, 0.25) is 0 Å². The second-order valence-corrected chi connectivity index (χ2v) is 9.89. The van der Waals surface area contributed by atoms with Crippen molar-refractivity contribution in [1.82, 2.24) is 20.2 Å². The Morgan fingerprint density at radius 1 is 1.23 bits per heavy atom. The van der Waals surface area contributed by atoms with Crippen LogP contribution in [0.1, 0.15) is 68.6 Å². The van der Waals surface area contributed by atoms with Gasteiger partial charge in [0.2, 0.25) is 10.0 Å². The summed E-state index contributed by atoms with van der Waals surface area (Å²) < 4.78 is 26.8. The summed E-state index contributed by atoms with van der Waals surface area (Å²) in [6, 6.07) is 0.736. The molecule has 1 heterocycles. The molecule has 1 amide bonds. The van der Waals surface area contributed by atoms with Gasteiger partial charge < -0.3 is 15.5 Å². The minimum Gasteiger partial charge on any atom is -0.389 e. The van der Waals surface area contributed by atoms with Crippen molar-refractivity contribution >= 4 is 15.9 Å². The van der Waals surface area contributed by atoms with E-state index in [4.69, 9.17) is 0 Å². The molecule has 1 aromatic heterocycles.